The highest BCUT2D eigenvalue weighted by molar-refractivity contribution is 6.12. The number of primary amides is 1. The summed E-state index contributed by atoms with van der Waals surface area (Å²) >= 11 is 0. The molecule has 1 aromatic carbocycles. The number of nitrogens with two attached hydrogens (primary N) is 2. The molecule has 0 aliphatic carbocycles. The van der Waals surface area contributed by atoms with Crippen molar-refractivity contribution in [3.63, 3.8) is 0 Å². The molecule has 15 heavy (non-hydrogen) atoms. The fourth-order valence-corrected chi connectivity index (χ4v) is 1.66. The Morgan fingerprint density at radius 2 is 2.20 bits per heavy atom. The van der Waals surface area contributed by atoms with Crippen LogP contribution in [0.3, 0.4) is 0 Å². The van der Waals surface area contributed by atoms with E-state index in [1.165, 1.54) is 7.11 Å². The molecule has 1 heterocycles. The molecule has 0 spiro atoms. The number of aromatic nitrogens is 1. The Kier molecular flexibility index (Phi) is 2.00. The molecule has 2 aromatic rings. The molecule has 5 heteroatoms. The van der Waals surface area contributed by atoms with E-state index in [-0.39, 0.29) is 11.4 Å². The zero-order valence-electron chi connectivity index (χ0n) is 8.20. The lowest BCUT2D eigenvalue weighted by atomic mass is 10.1. The molecule has 0 radical (unpaired) electrons. The first kappa shape index (κ1) is 9.39. The van der Waals surface area contributed by atoms with Crippen molar-refractivity contribution in [1.82, 2.24) is 4.98 Å². The van der Waals surface area contributed by atoms with E-state index in [4.69, 9.17) is 16.2 Å². The van der Waals surface area contributed by atoms with E-state index in [1.54, 1.807) is 12.1 Å². The quantitative estimate of drug-likeness (QED) is 0.678. The van der Waals surface area contributed by atoms with Crippen LogP contribution in [-0.4, -0.2) is 18.0 Å². The highest BCUT2D eigenvalue weighted by Gasteiger charge is 2.17. The minimum Gasteiger partial charge on any atom is -0.496 e. The van der Waals surface area contributed by atoms with Gasteiger partial charge in [0, 0.05) is 0 Å². The van der Waals surface area contributed by atoms with Gasteiger partial charge < -0.3 is 21.2 Å². The summed E-state index contributed by atoms with van der Waals surface area (Å²) in [6.45, 7) is 0. The van der Waals surface area contributed by atoms with Crippen molar-refractivity contribution >= 4 is 22.6 Å². The van der Waals surface area contributed by atoms with E-state index in [2.05, 4.69) is 4.98 Å². The third-order valence-electron chi connectivity index (χ3n) is 2.28. The van der Waals surface area contributed by atoms with Crippen LogP contribution in [0.5, 0.6) is 5.75 Å². The predicted octanol–water partition coefficient (Wildman–Crippen LogP) is 0.858. The molecule has 0 saturated heterocycles. The molecule has 5 nitrogen and oxygen atoms in total. The second kappa shape index (κ2) is 3.20. The van der Waals surface area contributed by atoms with Gasteiger partial charge in [-0.1, -0.05) is 6.07 Å². The third-order valence-corrected chi connectivity index (χ3v) is 2.28. The van der Waals surface area contributed by atoms with E-state index < -0.39 is 5.91 Å². The predicted molar refractivity (Wildman–Crippen MR) is 57.8 cm³/mol. The van der Waals surface area contributed by atoms with Crippen LogP contribution in [0.15, 0.2) is 18.2 Å². The van der Waals surface area contributed by atoms with Crippen molar-refractivity contribution in [1.29, 1.82) is 0 Å². The van der Waals surface area contributed by atoms with Crippen molar-refractivity contribution < 1.29 is 9.53 Å². The number of carbonyl (C=O) groups is 1. The molecule has 78 valence electrons. The van der Waals surface area contributed by atoms with Crippen LogP contribution in [0.2, 0.25) is 0 Å². The van der Waals surface area contributed by atoms with Gasteiger partial charge in [0.05, 0.1) is 23.6 Å². The smallest absolute Gasteiger partial charge is 0.253 e. The van der Waals surface area contributed by atoms with Gasteiger partial charge in [-0.2, -0.15) is 0 Å². The zero-order valence-corrected chi connectivity index (χ0v) is 8.20. The van der Waals surface area contributed by atoms with Crippen molar-refractivity contribution in [2.24, 2.45) is 5.73 Å². The van der Waals surface area contributed by atoms with E-state index in [0.29, 0.717) is 11.1 Å². The van der Waals surface area contributed by atoms with Gasteiger partial charge in [-0.05, 0) is 12.1 Å². The number of benzene rings is 1. The van der Waals surface area contributed by atoms with Crippen molar-refractivity contribution in [3.05, 3.63) is 23.8 Å². The van der Waals surface area contributed by atoms with E-state index in [0.717, 1.165) is 5.52 Å². The normalized spacial score (nSPS) is 10.5. The van der Waals surface area contributed by atoms with Crippen LogP contribution < -0.4 is 16.2 Å². The van der Waals surface area contributed by atoms with Gasteiger partial charge in [0.2, 0.25) is 0 Å². The number of H-pyrrole nitrogens is 1. The van der Waals surface area contributed by atoms with Crippen LogP contribution in [0, 0.1) is 0 Å². The lowest BCUT2D eigenvalue weighted by Crippen LogP contribution is -2.12. The molecule has 0 atom stereocenters. The monoisotopic (exact) mass is 205 g/mol. The Balaban J connectivity index is 2.88. The molecular weight excluding hydrogens is 194 g/mol. The first-order valence-electron chi connectivity index (χ1n) is 4.39. The van der Waals surface area contributed by atoms with Crippen LogP contribution in [0.1, 0.15) is 10.4 Å². The summed E-state index contributed by atoms with van der Waals surface area (Å²) in [6, 6.07) is 5.37. The molecule has 1 aromatic heterocycles. The number of nitrogens with one attached hydrogen (secondary N) is 1. The Labute approximate surface area is 86.0 Å². The highest BCUT2D eigenvalue weighted by atomic mass is 16.5. The number of rotatable bonds is 2. The Hall–Kier alpha value is -2.17. The number of amides is 1. The summed E-state index contributed by atoms with van der Waals surface area (Å²) in [4.78, 5) is 14.1. The molecule has 2 rings (SSSR count). The van der Waals surface area contributed by atoms with Gasteiger partial charge in [-0.25, -0.2) is 0 Å². The Morgan fingerprint density at radius 3 is 2.80 bits per heavy atom. The fraction of sp³-hybridized carbons (Fsp3) is 0.100. The van der Waals surface area contributed by atoms with E-state index in [9.17, 15) is 4.79 Å². The first-order chi connectivity index (χ1) is 7.15. The minimum atomic E-state index is -0.566. The number of hydrogen-bond acceptors (Lipinski definition) is 3. The number of ether oxygens (including phenoxy) is 1. The average Bonchev–Trinajstić information content (AvgIpc) is 2.53. The molecule has 0 saturated carbocycles. The fourth-order valence-electron chi connectivity index (χ4n) is 1.66. The summed E-state index contributed by atoms with van der Waals surface area (Å²) in [5, 5.41) is 0.630. The van der Waals surface area contributed by atoms with Gasteiger partial charge in [-0.3, -0.25) is 4.79 Å². The number of aromatic amines is 1. The maximum Gasteiger partial charge on any atom is 0.253 e. The van der Waals surface area contributed by atoms with Crippen LogP contribution in [0.25, 0.3) is 10.9 Å². The van der Waals surface area contributed by atoms with E-state index >= 15 is 0 Å². The Morgan fingerprint density at radius 1 is 1.47 bits per heavy atom. The maximum atomic E-state index is 11.2. The summed E-state index contributed by atoms with van der Waals surface area (Å²) in [6.07, 6.45) is 0. The SMILES string of the molecule is COc1cccc2[nH]c(N)c(C(N)=O)c12. The average molecular weight is 205 g/mol. The summed E-state index contributed by atoms with van der Waals surface area (Å²) in [5.41, 5.74) is 11.9. The number of fused-ring (bicyclic) bond motifs is 1. The second-order valence-electron chi connectivity index (χ2n) is 3.16. The van der Waals surface area contributed by atoms with Gasteiger partial charge in [-0.15, -0.1) is 0 Å². The molecule has 0 fully saturated rings. The third kappa shape index (κ3) is 1.28. The van der Waals surface area contributed by atoms with E-state index in [1.807, 2.05) is 6.07 Å². The largest absolute Gasteiger partial charge is 0.496 e. The number of anilines is 1. The van der Waals surface area contributed by atoms with Crippen LogP contribution in [-0.2, 0) is 0 Å². The molecule has 0 aliphatic heterocycles. The maximum absolute atomic E-state index is 11.2. The second-order valence-corrected chi connectivity index (χ2v) is 3.16. The lowest BCUT2D eigenvalue weighted by molar-refractivity contribution is 0.100. The standard InChI is InChI=1S/C10H11N3O2/c1-15-6-4-2-3-5-7(6)8(10(12)14)9(11)13-5/h2-4,13H,11H2,1H3,(H2,12,14). The molecule has 1 amide bonds. The number of nitrogen functional groups attached to an aromatic ring is 1. The molecule has 5 N–H and O–H groups in total. The number of methoxy groups -OCH3 is 1. The van der Waals surface area contributed by atoms with Crippen molar-refractivity contribution in [2.45, 2.75) is 0 Å². The molecule has 0 bridgehead atoms. The Bertz CT molecular complexity index is 531. The molecular formula is C10H11N3O2. The topological polar surface area (TPSA) is 94.1 Å². The van der Waals surface area contributed by atoms with Gasteiger partial charge in [0.25, 0.3) is 5.91 Å². The lowest BCUT2D eigenvalue weighted by Gasteiger charge is -2.02. The number of hydrogen-bond donors (Lipinski definition) is 3. The summed E-state index contributed by atoms with van der Waals surface area (Å²) in [7, 11) is 1.53. The van der Waals surface area contributed by atoms with Crippen LogP contribution >= 0.6 is 0 Å². The minimum absolute atomic E-state index is 0.266. The molecule has 0 unspecified atom stereocenters. The summed E-state index contributed by atoms with van der Waals surface area (Å²) < 4.78 is 5.15. The van der Waals surface area contributed by atoms with Crippen molar-refractivity contribution in [2.75, 3.05) is 12.8 Å². The van der Waals surface area contributed by atoms with Gasteiger partial charge in [0.1, 0.15) is 11.6 Å². The summed E-state index contributed by atoms with van der Waals surface area (Å²) in [5.74, 6) is 0.277. The zero-order chi connectivity index (χ0) is 11.0. The highest BCUT2D eigenvalue weighted by Crippen LogP contribution is 2.31. The van der Waals surface area contributed by atoms with Crippen molar-refractivity contribution in [3.8, 4) is 5.75 Å². The number of carbonyl (C=O) groups excluding carboxylic acids is 1. The molecule has 0 aliphatic rings. The van der Waals surface area contributed by atoms with Gasteiger partial charge >= 0.3 is 0 Å². The van der Waals surface area contributed by atoms with Gasteiger partial charge in [0.15, 0.2) is 0 Å². The van der Waals surface area contributed by atoms with Crippen LogP contribution in [0.4, 0.5) is 5.82 Å². The first-order valence-corrected chi connectivity index (χ1v) is 4.39.